The quantitative estimate of drug-likeness (QED) is 0.296. The fraction of sp³-hybridized carbons (Fsp3) is 0.0435. The maximum atomic E-state index is 7.69. The number of hydrogen-bond acceptors (Lipinski definition) is 2. The predicted octanol–water partition coefficient (Wildman–Crippen LogP) is 5.17. The molecule has 1 heterocycles. The molecule has 3 aromatic carbocycles. The van der Waals surface area contributed by atoms with E-state index < -0.39 is 0 Å². The second-order valence-electron chi connectivity index (χ2n) is 6.68. The number of hydrogen-bond donors (Lipinski definition) is 4. The Morgan fingerprint density at radius 1 is 0.741 bits per heavy atom. The van der Waals surface area contributed by atoms with E-state index in [2.05, 4.69) is 47.4 Å². The summed E-state index contributed by atoms with van der Waals surface area (Å²) in [6.45, 7) is 1.80. The number of amidine groups is 1. The predicted molar refractivity (Wildman–Crippen MR) is 113 cm³/mol. The molecule has 0 spiro atoms. The zero-order chi connectivity index (χ0) is 19.0. The highest BCUT2D eigenvalue weighted by atomic mass is 14.7. The van der Waals surface area contributed by atoms with E-state index in [0.29, 0.717) is 5.71 Å². The number of rotatable bonds is 4. The van der Waals surface area contributed by atoms with Crippen molar-refractivity contribution in [3.63, 3.8) is 0 Å². The molecule has 4 rings (SSSR count). The first-order valence-corrected chi connectivity index (χ1v) is 8.75. The molecule has 4 aromatic rings. The lowest BCUT2D eigenvalue weighted by atomic mass is 10.0. The van der Waals surface area contributed by atoms with Crippen LogP contribution in [0, 0.1) is 10.8 Å². The van der Waals surface area contributed by atoms with Gasteiger partial charge in [-0.2, -0.15) is 0 Å². The Bertz CT molecular complexity index is 1150. The van der Waals surface area contributed by atoms with Gasteiger partial charge in [-0.25, -0.2) is 0 Å². The highest BCUT2D eigenvalue weighted by molar-refractivity contribution is 5.99. The van der Waals surface area contributed by atoms with Crippen molar-refractivity contribution in [3.8, 4) is 22.4 Å². The molecule has 5 N–H and O–H groups in total. The molecule has 132 valence electrons. The van der Waals surface area contributed by atoms with Crippen molar-refractivity contribution in [2.45, 2.75) is 6.92 Å². The zero-order valence-corrected chi connectivity index (χ0v) is 15.0. The Morgan fingerprint density at radius 2 is 1.30 bits per heavy atom. The summed E-state index contributed by atoms with van der Waals surface area (Å²) < 4.78 is 0. The first-order chi connectivity index (χ1) is 13.0. The number of benzene rings is 3. The van der Waals surface area contributed by atoms with Crippen LogP contribution >= 0.6 is 0 Å². The zero-order valence-electron chi connectivity index (χ0n) is 15.0. The number of nitrogens with two attached hydrogens (primary N) is 1. The van der Waals surface area contributed by atoms with E-state index in [1.807, 2.05) is 30.3 Å². The molecule has 0 saturated heterocycles. The number of aromatic nitrogens is 1. The summed E-state index contributed by atoms with van der Waals surface area (Å²) >= 11 is 0. The van der Waals surface area contributed by atoms with Crippen LogP contribution in [0.5, 0.6) is 0 Å². The molecule has 0 unspecified atom stereocenters. The van der Waals surface area contributed by atoms with E-state index >= 15 is 0 Å². The number of fused-ring (bicyclic) bond motifs is 1. The molecular weight excluding hydrogens is 332 g/mol. The third kappa shape index (κ3) is 3.25. The van der Waals surface area contributed by atoms with Gasteiger partial charge in [-0.15, -0.1) is 0 Å². The lowest BCUT2D eigenvalue weighted by molar-refractivity contribution is 1.42. The molecule has 4 nitrogen and oxygen atoms in total. The summed E-state index contributed by atoms with van der Waals surface area (Å²) in [4.78, 5) is 3.42. The van der Waals surface area contributed by atoms with Crippen LogP contribution < -0.4 is 5.73 Å². The summed E-state index contributed by atoms with van der Waals surface area (Å²) in [5, 5.41) is 16.3. The molecule has 0 aliphatic carbocycles. The Labute approximate surface area is 157 Å². The number of nitrogens with one attached hydrogen (secondary N) is 3. The fourth-order valence-electron chi connectivity index (χ4n) is 3.21. The summed E-state index contributed by atoms with van der Waals surface area (Å²) in [6, 6.07) is 24.3. The first kappa shape index (κ1) is 16.8. The highest BCUT2D eigenvalue weighted by Crippen LogP contribution is 2.28. The van der Waals surface area contributed by atoms with Gasteiger partial charge < -0.3 is 16.1 Å². The van der Waals surface area contributed by atoms with E-state index in [1.54, 1.807) is 6.92 Å². The molecule has 1 aromatic heterocycles. The average Bonchev–Trinajstić information content (AvgIpc) is 3.11. The first-order valence-electron chi connectivity index (χ1n) is 8.75. The van der Waals surface area contributed by atoms with Gasteiger partial charge in [0.1, 0.15) is 5.84 Å². The van der Waals surface area contributed by atoms with Crippen molar-refractivity contribution in [2.75, 3.05) is 0 Å². The van der Waals surface area contributed by atoms with Gasteiger partial charge in [-0.3, -0.25) is 5.41 Å². The van der Waals surface area contributed by atoms with E-state index in [4.69, 9.17) is 16.6 Å². The Kier molecular flexibility index (Phi) is 4.09. The van der Waals surface area contributed by atoms with Crippen LogP contribution in [0.4, 0.5) is 0 Å². The molecule has 4 heteroatoms. The molecule has 0 bridgehead atoms. The van der Waals surface area contributed by atoms with Crippen molar-refractivity contribution in [2.24, 2.45) is 5.73 Å². The number of H-pyrrole nitrogens is 1. The minimum absolute atomic E-state index is 0.0771. The van der Waals surface area contributed by atoms with E-state index in [-0.39, 0.29) is 5.84 Å². The monoisotopic (exact) mass is 352 g/mol. The standard InChI is InChI=1S/C23H20N4/c1-14(24)15-2-4-16(5-3-15)17-6-8-18(9-7-17)22-13-20-12-19(23(25)26)10-11-21(20)27-22/h2-13,24,27H,1H3,(H3,25,26). The van der Waals surface area contributed by atoms with Crippen LogP contribution in [0.3, 0.4) is 0 Å². The third-order valence-corrected chi connectivity index (χ3v) is 4.78. The SMILES string of the molecule is CC(=N)c1ccc(-c2ccc(-c3cc4cc(C(=N)N)ccc4[nH]3)cc2)cc1. The van der Waals surface area contributed by atoms with Crippen LogP contribution in [-0.2, 0) is 0 Å². The summed E-state index contributed by atoms with van der Waals surface area (Å²) in [5.41, 5.74) is 13.3. The number of nitrogen functional groups attached to an aromatic ring is 1. The van der Waals surface area contributed by atoms with Crippen molar-refractivity contribution in [3.05, 3.63) is 83.9 Å². The Balaban J connectivity index is 1.64. The van der Waals surface area contributed by atoms with E-state index in [0.717, 1.165) is 44.4 Å². The van der Waals surface area contributed by atoms with Gasteiger partial charge in [-0.1, -0.05) is 48.5 Å². The van der Waals surface area contributed by atoms with Crippen LogP contribution in [0.1, 0.15) is 18.1 Å². The minimum Gasteiger partial charge on any atom is -0.384 e. The van der Waals surface area contributed by atoms with Gasteiger partial charge in [0.2, 0.25) is 0 Å². The molecule has 0 aliphatic rings. The molecular formula is C23H20N4. The molecule has 27 heavy (non-hydrogen) atoms. The van der Waals surface area contributed by atoms with Crippen molar-refractivity contribution in [1.29, 1.82) is 10.8 Å². The average molecular weight is 352 g/mol. The van der Waals surface area contributed by atoms with Crippen LogP contribution in [0.2, 0.25) is 0 Å². The summed E-state index contributed by atoms with van der Waals surface area (Å²) in [6.07, 6.45) is 0. The third-order valence-electron chi connectivity index (χ3n) is 4.78. The smallest absolute Gasteiger partial charge is 0.122 e. The van der Waals surface area contributed by atoms with Gasteiger partial charge in [-0.05, 0) is 53.4 Å². The van der Waals surface area contributed by atoms with E-state index in [9.17, 15) is 0 Å². The largest absolute Gasteiger partial charge is 0.384 e. The maximum Gasteiger partial charge on any atom is 0.122 e. The van der Waals surface area contributed by atoms with Gasteiger partial charge in [0.15, 0.2) is 0 Å². The van der Waals surface area contributed by atoms with Gasteiger partial charge in [0, 0.05) is 27.9 Å². The molecule has 0 amide bonds. The lowest BCUT2D eigenvalue weighted by Crippen LogP contribution is -2.10. The maximum absolute atomic E-state index is 7.69. The van der Waals surface area contributed by atoms with Gasteiger partial charge >= 0.3 is 0 Å². The highest BCUT2D eigenvalue weighted by Gasteiger charge is 2.06. The van der Waals surface area contributed by atoms with Crippen LogP contribution in [0.25, 0.3) is 33.3 Å². The molecule has 0 atom stereocenters. The summed E-state index contributed by atoms with van der Waals surface area (Å²) in [7, 11) is 0. The summed E-state index contributed by atoms with van der Waals surface area (Å²) in [5.74, 6) is 0.0771. The van der Waals surface area contributed by atoms with Gasteiger partial charge in [0.25, 0.3) is 0 Å². The van der Waals surface area contributed by atoms with Gasteiger partial charge in [0.05, 0.1) is 0 Å². The molecule has 0 fully saturated rings. The van der Waals surface area contributed by atoms with E-state index in [1.165, 1.54) is 0 Å². The Hall–Kier alpha value is -3.66. The van der Waals surface area contributed by atoms with Crippen molar-refractivity contribution >= 4 is 22.5 Å². The Morgan fingerprint density at radius 3 is 1.89 bits per heavy atom. The molecule has 0 saturated carbocycles. The topological polar surface area (TPSA) is 89.5 Å². The van der Waals surface area contributed by atoms with Crippen LogP contribution in [-0.4, -0.2) is 16.5 Å². The molecule has 0 radical (unpaired) electrons. The fourth-order valence-corrected chi connectivity index (χ4v) is 3.21. The molecule has 0 aliphatic heterocycles. The second kappa shape index (κ2) is 6.57. The lowest BCUT2D eigenvalue weighted by Gasteiger charge is -2.05. The van der Waals surface area contributed by atoms with Crippen molar-refractivity contribution < 1.29 is 0 Å². The normalized spacial score (nSPS) is 10.9. The van der Waals surface area contributed by atoms with Crippen molar-refractivity contribution in [1.82, 2.24) is 4.98 Å². The second-order valence-corrected chi connectivity index (χ2v) is 6.68. The van der Waals surface area contributed by atoms with Crippen LogP contribution in [0.15, 0.2) is 72.8 Å². The minimum atomic E-state index is 0.0771. The number of aromatic amines is 1.